The van der Waals surface area contributed by atoms with Crippen molar-refractivity contribution in [1.82, 2.24) is 0 Å². The molecule has 0 fully saturated rings. The summed E-state index contributed by atoms with van der Waals surface area (Å²) in [6, 6.07) is 10.7. The van der Waals surface area contributed by atoms with Crippen LogP contribution in [0, 0.1) is 0 Å². The van der Waals surface area contributed by atoms with E-state index >= 15 is 0 Å². The molecule has 110 valence electrons. The zero-order valence-electron chi connectivity index (χ0n) is 11.5. The summed E-state index contributed by atoms with van der Waals surface area (Å²) < 4.78 is 16.2. The second kappa shape index (κ2) is 5.84. The number of hydrogen-bond donors (Lipinski definition) is 1. The monoisotopic (exact) mass is 306 g/mol. The SMILES string of the molecule is COc1cccc(C(O)c2cc(Cl)c3c(c2)OCCO3)c1. The lowest BCUT2D eigenvalue weighted by Gasteiger charge is -2.21. The summed E-state index contributed by atoms with van der Waals surface area (Å²) in [5.41, 5.74) is 1.37. The molecule has 1 atom stereocenters. The highest BCUT2D eigenvalue weighted by Gasteiger charge is 2.20. The lowest BCUT2D eigenvalue weighted by molar-refractivity contribution is 0.170. The number of fused-ring (bicyclic) bond motifs is 1. The Kier molecular flexibility index (Phi) is 3.90. The molecule has 1 N–H and O–H groups in total. The summed E-state index contributed by atoms with van der Waals surface area (Å²) >= 11 is 6.20. The smallest absolute Gasteiger partial charge is 0.179 e. The third-order valence-corrected chi connectivity index (χ3v) is 3.63. The maximum Gasteiger partial charge on any atom is 0.179 e. The van der Waals surface area contributed by atoms with Gasteiger partial charge in [-0.2, -0.15) is 0 Å². The van der Waals surface area contributed by atoms with E-state index in [0.29, 0.717) is 41.0 Å². The molecule has 0 bridgehead atoms. The zero-order valence-corrected chi connectivity index (χ0v) is 12.3. The van der Waals surface area contributed by atoms with Gasteiger partial charge in [-0.15, -0.1) is 0 Å². The van der Waals surface area contributed by atoms with Gasteiger partial charge in [0, 0.05) is 0 Å². The number of methoxy groups -OCH3 is 1. The molecule has 1 unspecified atom stereocenters. The van der Waals surface area contributed by atoms with E-state index in [1.165, 1.54) is 0 Å². The van der Waals surface area contributed by atoms with Crippen LogP contribution in [0.5, 0.6) is 17.2 Å². The molecule has 0 saturated carbocycles. The van der Waals surface area contributed by atoms with Crippen LogP contribution in [-0.4, -0.2) is 25.4 Å². The van der Waals surface area contributed by atoms with Crippen molar-refractivity contribution in [3.8, 4) is 17.2 Å². The second-order valence-electron chi connectivity index (χ2n) is 4.71. The summed E-state index contributed by atoms with van der Waals surface area (Å²) in [5.74, 6) is 1.78. The van der Waals surface area contributed by atoms with E-state index in [4.69, 9.17) is 25.8 Å². The summed E-state index contributed by atoms with van der Waals surface area (Å²) in [4.78, 5) is 0. The fourth-order valence-electron chi connectivity index (χ4n) is 2.29. The Morgan fingerprint density at radius 3 is 2.76 bits per heavy atom. The van der Waals surface area contributed by atoms with Gasteiger partial charge in [0.25, 0.3) is 0 Å². The van der Waals surface area contributed by atoms with E-state index in [-0.39, 0.29) is 0 Å². The molecule has 0 aliphatic carbocycles. The number of halogens is 1. The molecule has 0 spiro atoms. The van der Waals surface area contributed by atoms with Gasteiger partial charge in [0.15, 0.2) is 11.5 Å². The van der Waals surface area contributed by atoms with Gasteiger partial charge in [-0.05, 0) is 35.4 Å². The molecule has 1 heterocycles. The Labute approximate surface area is 127 Å². The lowest BCUT2D eigenvalue weighted by atomic mass is 10.0. The van der Waals surface area contributed by atoms with E-state index in [2.05, 4.69) is 0 Å². The molecule has 0 saturated heterocycles. The quantitative estimate of drug-likeness (QED) is 0.946. The Balaban J connectivity index is 1.97. The number of benzene rings is 2. The van der Waals surface area contributed by atoms with Crippen molar-refractivity contribution in [2.24, 2.45) is 0 Å². The molecule has 21 heavy (non-hydrogen) atoms. The van der Waals surface area contributed by atoms with E-state index in [1.54, 1.807) is 25.3 Å². The van der Waals surface area contributed by atoms with Crippen LogP contribution in [0.15, 0.2) is 36.4 Å². The van der Waals surface area contributed by atoms with Gasteiger partial charge in [-0.3, -0.25) is 0 Å². The molecule has 3 rings (SSSR count). The van der Waals surface area contributed by atoms with Crippen molar-refractivity contribution >= 4 is 11.6 Å². The van der Waals surface area contributed by atoms with Gasteiger partial charge in [0.05, 0.1) is 12.1 Å². The van der Waals surface area contributed by atoms with E-state index in [1.807, 2.05) is 18.2 Å². The van der Waals surface area contributed by atoms with Crippen LogP contribution in [0.25, 0.3) is 0 Å². The van der Waals surface area contributed by atoms with Gasteiger partial charge >= 0.3 is 0 Å². The summed E-state index contributed by atoms with van der Waals surface area (Å²) in [5, 5.41) is 11.0. The second-order valence-corrected chi connectivity index (χ2v) is 5.11. The van der Waals surface area contributed by atoms with Crippen molar-refractivity contribution in [3.63, 3.8) is 0 Å². The molecule has 2 aromatic rings. The fraction of sp³-hybridized carbons (Fsp3) is 0.250. The van der Waals surface area contributed by atoms with Gasteiger partial charge in [0.1, 0.15) is 25.1 Å². The van der Waals surface area contributed by atoms with Gasteiger partial charge < -0.3 is 19.3 Å². The molecule has 1 aliphatic heterocycles. The Morgan fingerprint density at radius 1 is 1.14 bits per heavy atom. The van der Waals surface area contributed by atoms with Crippen LogP contribution in [0.1, 0.15) is 17.2 Å². The average molecular weight is 307 g/mol. The summed E-state index contributed by atoms with van der Waals surface area (Å²) in [6.07, 6.45) is -0.812. The minimum Gasteiger partial charge on any atom is -0.497 e. The Hall–Kier alpha value is -1.91. The van der Waals surface area contributed by atoms with Crippen LogP contribution < -0.4 is 14.2 Å². The topological polar surface area (TPSA) is 47.9 Å². The summed E-state index contributed by atoms with van der Waals surface area (Å²) in [6.45, 7) is 0.951. The number of hydrogen-bond acceptors (Lipinski definition) is 4. The van der Waals surface area contributed by atoms with E-state index in [0.717, 1.165) is 5.56 Å². The first-order valence-corrected chi connectivity index (χ1v) is 6.98. The Bertz CT molecular complexity index is 657. The first-order valence-electron chi connectivity index (χ1n) is 6.60. The van der Waals surface area contributed by atoms with Crippen molar-refractivity contribution < 1.29 is 19.3 Å². The maximum atomic E-state index is 10.5. The predicted molar refractivity (Wildman–Crippen MR) is 79.5 cm³/mol. The zero-order chi connectivity index (χ0) is 14.8. The van der Waals surface area contributed by atoms with Crippen molar-refractivity contribution in [3.05, 3.63) is 52.5 Å². The van der Waals surface area contributed by atoms with Gasteiger partial charge in [-0.1, -0.05) is 23.7 Å². The minimum atomic E-state index is -0.812. The molecule has 0 radical (unpaired) electrons. The highest BCUT2D eigenvalue weighted by atomic mass is 35.5. The molecule has 4 nitrogen and oxygen atoms in total. The molecule has 0 amide bonds. The molecule has 5 heteroatoms. The maximum absolute atomic E-state index is 10.5. The largest absolute Gasteiger partial charge is 0.497 e. The predicted octanol–water partition coefficient (Wildman–Crippen LogP) is 3.20. The highest BCUT2D eigenvalue weighted by Crippen LogP contribution is 2.40. The molecule has 2 aromatic carbocycles. The van der Waals surface area contributed by atoms with Crippen LogP contribution in [0.4, 0.5) is 0 Å². The number of aliphatic hydroxyl groups is 1. The molecule has 0 aromatic heterocycles. The first-order chi connectivity index (χ1) is 10.2. The van der Waals surface area contributed by atoms with Gasteiger partial charge in [-0.25, -0.2) is 0 Å². The van der Waals surface area contributed by atoms with Crippen LogP contribution in [-0.2, 0) is 0 Å². The lowest BCUT2D eigenvalue weighted by Crippen LogP contribution is -2.16. The van der Waals surface area contributed by atoms with Crippen LogP contribution in [0.3, 0.4) is 0 Å². The standard InChI is InChI=1S/C16H15ClO4/c1-19-12-4-2-3-10(7-12)15(18)11-8-13(17)16-14(9-11)20-5-6-21-16/h2-4,7-9,15,18H,5-6H2,1H3. The van der Waals surface area contributed by atoms with Crippen molar-refractivity contribution in [2.45, 2.75) is 6.10 Å². The number of rotatable bonds is 3. The van der Waals surface area contributed by atoms with Crippen LogP contribution >= 0.6 is 11.6 Å². The number of ether oxygens (including phenoxy) is 3. The number of aliphatic hydroxyl groups excluding tert-OH is 1. The van der Waals surface area contributed by atoms with Crippen molar-refractivity contribution in [2.75, 3.05) is 20.3 Å². The van der Waals surface area contributed by atoms with Crippen LogP contribution in [0.2, 0.25) is 5.02 Å². The minimum absolute atomic E-state index is 0.434. The highest BCUT2D eigenvalue weighted by molar-refractivity contribution is 6.32. The van der Waals surface area contributed by atoms with Gasteiger partial charge in [0.2, 0.25) is 0 Å². The average Bonchev–Trinajstić information content (AvgIpc) is 2.54. The third-order valence-electron chi connectivity index (χ3n) is 3.34. The van der Waals surface area contributed by atoms with E-state index in [9.17, 15) is 5.11 Å². The first kappa shape index (κ1) is 14.0. The summed E-state index contributed by atoms with van der Waals surface area (Å²) in [7, 11) is 1.59. The molecular formula is C16H15ClO4. The molecule has 1 aliphatic rings. The fourth-order valence-corrected chi connectivity index (χ4v) is 2.57. The van der Waals surface area contributed by atoms with E-state index < -0.39 is 6.10 Å². The normalized spacial score (nSPS) is 14.6. The Morgan fingerprint density at radius 2 is 1.95 bits per heavy atom. The third kappa shape index (κ3) is 2.77. The van der Waals surface area contributed by atoms with Crippen molar-refractivity contribution in [1.29, 1.82) is 0 Å². The molecular weight excluding hydrogens is 292 g/mol.